The van der Waals surface area contributed by atoms with Crippen LogP contribution in [0.4, 0.5) is 10.1 Å². The fourth-order valence-corrected chi connectivity index (χ4v) is 4.94. The number of hydrogen-bond donors (Lipinski definition) is 1. The Morgan fingerprint density at radius 2 is 2.07 bits per heavy atom. The van der Waals surface area contributed by atoms with Gasteiger partial charge in [0.1, 0.15) is 16.2 Å². The molecule has 0 bridgehead atoms. The topological polar surface area (TPSA) is 67.2 Å². The van der Waals surface area contributed by atoms with Crippen LogP contribution < -0.4 is 10.2 Å². The molecule has 0 amide bonds. The van der Waals surface area contributed by atoms with Gasteiger partial charge in [0.25, 0.3) is 10.0 Å². The van der Waals surface area contributed by atoms with Crippen LogP contribution in [0.5, 0.6) is 0 Å². The van der Waals surface area contributed by atoms with Gasteiger partial charge in [0.2, 0.25) is 0 Å². The number of halogens is 1. The minimum absolute atomic E-state index is 0.337. The molecule has 3 aromatic rings. The van der Waals surface area contributed by atoms with E-state index >= 15 is 0 Å². The van der Waals surface area contributed by atoms with Crippen LogP contribution in [0.3, 0.4) is 0 Å². The Balaban J connectivity index is 1.87. The van der Waals surface area contributed by atoms with Crippen LogP contribution >= 0.6 is 0 Å². The molecule has 1 aromatic carbocycles. The number of rotatable bonds is 4. The average Bonchev–Trinajstić information content (AvgIpc) is 3.09. The second-order valence-electron chi connectivity index (χ2n) is 6.62. The Hall–Kier alpha value is -2.45. The number of hydrogen-bond acceptors (Lipinski definition) is 5. The molecule has 0 spiro atoms. The van der Waals surface area contributed by atoms with Crippen LogP contribution in [0.25, 0.3) is 11.0 Å². The molecule has 0 unspecified atom stereocenters. The summed E-state index contributed by atoms with van der Waals surface area (Å²) in [6.07, 6.45) is 4.19. The number of fused-ring (bicyclic) bond motifs is 1. The summed E-state index contributed by atoms with van der Waals surface area (Å²) < 4.78 is 41.6. The van der Waals surface area contributed by atoms with Crippen LogP contribution in [0.15, 0.2) is 53.7 Å². The van der Waals surface area contributed by atoms with Crippen LogP contribution in [0.2, 0.25) is 0 Å². The molecular formula is C19H21FN4O2S. The van der Waals surface area contributed by atoms with Crippen molar-refractivity contribution < 1.29 is 12.8 Å². The molecule has 1 saturated heterocycles. The molecule has 3 heterocycles. The third kappa shape index (κ3) is 3.08. The molecule has 1 aliphatic heterocycles. The maximum atomic E-state index is 14.2. The van der Waals surface area contributed by atoms with Gasteiger partial charge < -0.3 is 10.2 Å². The lowest BCUT2D eigenvalue weighted by molar-refractivity contribution is 0.447. The molecule has 6 nitrogen and oxygen atoms in total. The van der Waals surface area contributed by atoms with Gasteiger partial charge in [0.05, 0.1) is 11.2 Å². The van der Waals surface area contributed by atoms with Crippen LogP contribution in [-0.4, -0.2) is 43.1 Å². The van der Waals surface area contributed by atoms with Crippen molar-refractivity contribution in [3.05, 3.63) is 54.6 Å². The number of pyridine rings is 1. The Bertz CT molecular complexity index is 1080. The number of anilines is 1. The van der Waals surface area contributed by atoms with E-state index in [1.165, 1.54) is 18.2 Å². The van der Waals surface area contributed by atoms with Gasteiger partial charge in [-0.15, -0.1) is 0 Å². The van der Waals surface area contributed by atoms with E-state index in [0.29, 0.717) is 17.1 Å². The van der Waals surface area contributed by atoms with Crippen LogP contribution in [-0.2, 0) is 10.0 Å². The highest BCUT2D eigenvalue weighted by Crippen LogP contribution is 2.31. The summed E-state index contributed by atoms with van der Waals surface area (Å²) in [6, 6.07) is 9.15. The summed E-state index contributed by atoms with van der Waals surface area (Å²) in [5, 5.41) is 3.45. The summed E-state index contributed by atoms with van der Waals surface area (Å²) in [4.78, 5) is 6.22. The quantitative estimate of drug-likeness (QED) is 0.744. The van der Waals surface area contributed by atoms with E-state index in [2.05, 4.69) is 22.1 Å². The molecular weight excluding hydrogens is 367 g/mol. The Labute approximate surface area is 157 Å². The maximum Gasteiger partial charge on any atom is 0.271 e. The zero-order valence-electron chi connectivity index (χ0n) is 15.0. The SMILES string of the molecule is CC[C@H]1CN(c2cn(S(=O)(=O)c3ccccc3F)c3cccnc23)CCN1. The summed E-state index contributed by atoms with van der Waals surface area (Å²) in [7, 11) is -4.07. The Kier molecular flexibility index (Phi) is 4.61. The fraction of sp³-hybridized carbons (Fsp3) is 0.316. The summed E-state index contributed by atoms with van der Waals surface area (Å²) in [5.41, 5.74) is 1.81. The molecule has 0 aliphatic carbocycles. The lowest BCUT2D eigenvalue weighted by Gasteiger charge is -2.34. The second-order valence-corrected chi connectivity index (χ2v) is 8.41. The van der Waals surface area contributed by atoms with Gasteiger partial charge in [-0.1, -0.05) is 19.1 Å². The summed E-state index contributed by atoms with van der Waals surface area (Å²) in [6.45, 7) is 4.46. The highest BCUT2D eigenvalue weighted by Gasteiger charge is 2.27. The van der Waals surface area contributed by atoms with Gasteiger partial charge in [0.15, 0.2) is 0 Å². The van der Waals surface area contributed by atoms with E-state index in [1.54, 1.807) is 24.5 Å². The Morgan fingerprint density at radius 3 is 2.85 bits per heavy atom. The highest BCUT2D eigenvalue weighted by atomic mass is 32.2. The number of nitrogens with zero attached hydrogens (tertiary/aromatic N) is 3. The maximum absolute atomic E-state index is 14.2. The van der Waals surface area contributed by atoms with Crippen molar-refractivity contribution in [2.75, 3.05) is 24.5 Å². The smallest absolute Gasteiger partial charge is 0.271 e. The zero-order chi connectivity index (χ0) is 19.0. The Morgan fingerprint density at radius 1 is 1.26 bits per heavy atom. The zero-order valence-corrected chi connectivity index (χ0v) is 15.8. The number of aromatic nitrogens is 2. The normalized spacial score (nSPS) is 18.1. The van der Waals surface area contributed by atoms with E-state index in [1.807, 2.05) is 0 Å². The summed E-state index contributed by atoms with van der Waals surface area (Å²) >= 11 is 0. The van der Waals surface area contributed by atoms with Crippen molar-refractivity contribution in [3.8, 4) is 0 Å². The van der Waals surface area contributed by atoms with Crippen molar-refractivity contribution in [2.24, 2.45) is 0 Å². The largest absolute Gasteiger partial charge is 0.366 e. The highest BCUT2D eigenvalue weighted by molar-refractivity contribution is 7.90. The average molecular weight is 388 g/mol. The second kappa shape index (κ2) is 6.94. The van der Waals surface area contributed by atoms with Gasteiger partial charge in [-0.05, 0) is 30.7 Å². The van der Waals surface area contributed by atoms with Gasteiger partial charge in [-0.25, -0.2) is 16.8 Å². The van der Waals surface area contributed by atoms with Gasteiger partial charge in [-0.3, -0.25) is 4.98 Å². The molecule has 4 rings (SSSR count). The molecule has 1 atom stereocenters. The third-order valence-electron chi connectivity index (χ3n) is 4.97. The van der Waals surface area contributed by atoms with Crippen molar-refractivity contribution in [1.29, 1.82) is 0 Å². The van der Waals surface area contributed by atoms with E-state index in [9.17, 15) is 12.8 Å². The molecule has 27 heavy (non-hydrogen) atoms. The van der Waals surface area contributed by atoms with Crippen LogP contribution in [0, 0.1) is 5.82 Å². The number of benzene rings is 1. The van der Waals surface area contributed by atoms with E-state index in [4.69, 9.17) is 0 Å². The first-order chi connectivity index (χ1) is 13.0. The molecule has 0 radical (unpaired) electrons. The van der Waals surface area contributed by atoms with Gasteiger partial charge >= 0.3 is 0 Å². The number of nitrogens with one attached hydrogen (secondary N) is 1. The molecule has 142 valence electrons. The lowest BCUT2D eigenvalue weighted by atomic mass is 10.1. The fourth-order valence-electron chi connectivity index (χ4n) is 3.52. The van der Waals surface area contributed by atoms with Crippen molar-refractivity contribution in [2.45, 2.75) is 24.3 Å². The molecule has 1 aliphatic rings. The molecule has 1 N–H and O–H groups in total. The van der Waals surface area contributed by atoms with Crippen LogP contribution in [0.1, 0.15) is 13.3 Å². The van der Waals surface area contributed by atoms with E-state index < -0.39 is 15.8 Å². The lowest BCUT2D eigenvalue weighted by Crippen LogP contribution is -2.50. The molecule has 1 fully saturated rings. The monoisotopic (exact) mass is 388 g/mol. The third-order valence-corrected chi connectivity index (χ3v) is 6.68. The first kappa shape index (κ1) is 17.9. The minimum Gasteiger partial charge on any atom is -0.366 e. The molecule has 2 aromatic heterocycles. The van der Waals surface area contributed by atoms with E-state index in [-0.39, 0.29) is 4.90 Å². The van der Waals surface area contributed by atoms with Crippen molar-refractivity contribution >= 4 is 26.7 Å². The van der Waals surface area contributed by atoms with Crippen molar-refractivity contribution in [1.82, 2.24) is 14.3 Å². The number of piperazine rings is 1. The van der Waals surface area contributed by atoms with E-state index in [0.717, 1.165) is 41.8 Å². The predicted molar refractivity (Wildman–Crippen MR) is 103 cm³/mol. The standard InChI is InChI=1S/C19H21FN4O2S/c1-2-14-12-23(11-10-21-14)17-13-24(16-7-5-9-22-19(16)17)27(25,26)18-8-4-3-6-15(18)20/h3-9,13-14,21H,2,10-12H2,1H3/t14-/m0/s1. The molecule has 8 heteroatoms. The predicted octanol–water partition coefficient (Wildman–Crippen LogP) is 2.60. The first-order valence-corrected chi connectivity index (χ1v) is 10.4. The summed E-state index contributed by atoms with van der Waals surface area (Å²) in [5.74, 6) is -0.766. The molecule has 0 saturated carbocycles. The van der Waals surface area contributed by atoms with Gasteiger partial charge in [-0.2, -0.15) is 0 Å². The minimum atomic E-state index is -4.07. The van der Waals surface area contributed by atoms with Crippen molar-refractivity contribution in [3.63, 3.8) is 0 Å². The van der Waals surface area contributed by atoms with Gasteiger partial charge in [0, 0.05) is 38.1 Å². The first-order valence-electron chi connectivity index (χ1n) is 8.97.